The van der Waals surface area contributed by atoms with Gasteiger partial charge in [0.25, 0.3) is 0 Å². The van der Waals surface area contributed by atoms with Gasteiger partial charge in [-0.05, 0) is 37.8 Å². The zero-order valence-electron chi connectivity index (χ0n) is 32.6. The van der Waals surface area contributed by atoms with Crippen molar-refractivity contribution in [1.82, 2.24) is 25.6 Å². The van der Waals surface area contributed by atoms with E-state index in [0.717, 1.165) is 46.8 Å². The van der Waals surface area contributed by atoms with Crippen LogP contribution >= 0.6 is 0 Å². The molecule has 0 bridgehead atoms. The van der Waals surface area contributed by atoms with Gasteiger partial charge in [0.05, 0.1) is 70.2 Å². The quantitative estimate of drug-likeness (QED) is 0.107. The Balaban J connectivity index is 1.25. The van der Waals surface area contributed by atoms with E-state index in [9.17, 15) is 14.4 Å². The molecule has 2 heterocycles. The average Bonchev–Trinajstić information content (AvgIpc) is 3.57. The number of carbonyl (C=O) groups is 3. The molecule has 0 saturated carbocycles. The number of hydrogen-bond donors (Lipinski definition) is 2. The number of carbonyl (C=O) groups excluding carboxylic acids is 3. The van der Waals surface area contributed by atoms with E-state index in [2.05, 4.69) is 34.8 Å². The van der Waals surface area contributed by atoms with E-state index in [0.29, 0.717) is 71.5 Å². The number of anilines is 1. The van der Waals surface area contributed by atoms with Crippen LogP contribution in [0, 0.1) is 5.92 Å². The maximum atomic E-state index is 13.8. The minimum Gasteiger partial charge on any atom is -0.377 e. The van der Waals surface area contributed by atoms with Crippen molar-refractivity contribution in [3.63, 3.8) is 0 Å². The van der Waals surface area contributed by atoms with E-state index in [4.69, 9.17) is 18.9 Å². The SMILES string of the molecule is CC(C)CCCCCCNC(=O)CCC(=O)N1Cc2ccccc2-c2c(nnn2CCOCCOCCOCCNC(=O)COC(C)C)-c2ccccc21. The number of rotatable bonds is 25. The molecule has 0 saturated heterocycles. The monoisotopic (exact) mass is 748 g/mol. The molecule has 4 rings (SSSR count). The number of amides is 3. The molecule has 1 aromatic heterocycles. The highest BCUT2D eigenvalue weighted by atomic mass is 16.5. The molecule has 54 heavy (non-hydrogen) atoms. The molecule has 13 nitrogen and oxygen atoms in total. The summed E-state index contributed by atoms with van der Waals surface area (Å²) >= 11 is 0. The molecule has 296 valence electrons. The lowest BCUT2D eigenvalue weighted by Crippen LogP contribution is -2.33. The third-order valence-corrected chi connectivity index (χ3v) is 8.99. The predicted octanol–water partition coefficient (Wildman–Crippen LogP) is 5.55. The number of nitrogens with one attached hydrogen (secondary N) is 2. The maximum Gasteiger partial charge on any atom is 0.246 e. The molecule has 2 N–H and O–H groups in total. The molecule has 1 aliphatic rings. The van der Waals surface area contributed by atoms with Crippen molar-refractivity contribution >= 4 is 23.4 Å². The van der Waals surface area contributed by atoms with Crippen LogP contribution in [0.1, 0.15) is 78.2 Å². The Labute approximate surface area is 320 Å². The zero-order valence-corrected chi connectivity index (χ0v) is 32.6. The number of benzene rings is 2. The lowest BCUT2D eigenvalue weighted by Gasteiger charge is -2.28. The number of nitrogens with zero attached hydrogens (tertiary/aromatic N) is 4. The third kappa shape index (κ3) is 14.2. The molecule has 0 unspecified atom stereocenters. The Kier molecular flexibility index (Phi) is 18.6. The van der Waals surface area contributed by atoms with E-state index < -0.39 is 0 Å². The van der Waals surface area contributed by atoms with Crippen molar-refractivity contribution in [2.24, 2.45) is 5.92 Å². The van der Waals surface area contributed by atoms with Gasteiger partial charge >= 0.3 is 0 Å². The second-order valence-electron chi connectivity index (χ2n) is 14.2. The molecular weight excluding hydrogens is 688 g/mol. The average molecular weight is 749 g/mol. The first-order valence-electron chi connectivity index (χ1n) is 19.5. The van der Waals surface area contributed by atoms with Crippen molar-refractivity contribution < 1.29 is 33.3 Å². The Morgan fingerprint density at radius 1 is 0.741 bits per heavy atom. The van der Waals surface area contributed by atoms with Gasteiger partial charge in [0.15, 0.2) is 0 Å². The largest absolute Gasteiger partial charge is 0.377 e. The van der Waals surface area contributed by atoms with E-state index in [-0.39, 0.29) is 43.3 Å². The fraction of sp³-hybridized carbons (Fsp3) is 0.585. The summed E-state index contributed by atoms with van der Waals surface area (Å²) in [6.07, 6.45) is 5.96. The van der Waals surface area contributed by atoms with Crippen molar-refractivity contribution in [3.05, 3.63) is 54.1 Å². The molecule has 2 aromatic carbocycles. The highest BCUT2D eigenvalue weighted by Gasteiger charge is 2.29. The van der Waals surface area contributed by atoms with Gasteiger partial charge in [-0.1, -0.05) is 87.2 Å². The minimum absolute atomic E-state index is 0.0138. The number of hydrogen-bond acceptors (Lipinski definition) is 9. The fourth-order valence-corrected chi connectivity index (χ4v) is 6.15. The van der Waals surface area contributed by atoms with Gasteiger partial charge in [-0.2, -0.15) is 0 Å². The van der Waals surface area contributed by atoms with Crippen LogP contribution in [0.2, 0.25) is 0 Å². The number of para-hydroxylation sites is 1. The van der Waals surface area contributed by atoms with Crippen LogP contribution in [0.15, 0.2) is 48.5 Å². The summed E-state index contributed by atoms with van der Waals surface area (Å²) in [5, 5.41) is 14.9. The second-order valence-corrected chi connectivity index (χ2v) is 14.2. The van der Waals surface area contributed by atoms with Crippen molar-refractivity contribution in [2.75, 3.05) is 64.2 Å². The van der Waals surface area contributed by atoms with Crippen LogP contribution in [-0.4, -0.2) is 98.2 Å². The van der Waals surface area contributed by atoms with E-state index in [1.54, 1.807) is 4.90 Å². The van der Waals surface area contributed by atoms with Crippen LogP contribution in [0.5, 0.6) is 0 Å². The Bertz CT molecular complexity index is 1590. The summed E-state index contributed by atoms with van der Waals surface area (Å²) in [5.41, 5.74) is 5.02. The summed E-state index contributed by atoms with van der Waals surface area (Å²) in [7, 11) is 0. The molecule has 0 spiro atoms. The van der Waals surface area contributed by atoms with Gasteiger partial charge in [-0.15, -0.1) is 5.10 Å². The molecule has 13 heteroatoms. The van der Waals surface area contributed by atoms with E-state index >= 15 is 0 Å². The molecule has 3 amide bonds. The Morgan fingerprint density at radius 2 is 1.41 bits per heavy atom. The number of fused-ring (bicyclic) bond motifs is 5. The molecule has 3 aromatic rings. The topological polar surface area (TPSA) is 146 Å². The lowest BCUT2D eigenvalue weighted by atomic mass is 9.95. The smallest absolute Gasteiger partial charge is 0.246 e. The van der Waals surface area contributed by atoms with Crippen molar-refractivity contribution in [1.29, 1.82) is 0 Å². The molecular formula is C41H60N6O7. The maximum absolute atomic E-state index is 13.8. The van der Waals surface area contributed by atoms with E-state index in [1.165, 1.54) is 19.3 Å². The number of unbranched alkanes of at least 4 members (excludes halogenated alkanes) is 3. The zero-order chi connectivity index (χ0) is 38.5. The highest BCUT2D eigenvalue weighted by molar-refractivity contribution is 6.01. The number of aromatic nitrogens is 3. The summed E-state index contributed by atoms with van der Waals surface area (Å²) < 4.78 is 24.1. The Morgan fingerprint density at radius 3 is 2.17 bits per heavy atom. The van der Waals surface area contributed by atoms with Crippen LogP contribution in [0.4, 0.5) is 5.69 Å². The van der Waals surface area contributed by atoms with Crippen LogP contribution in [0.3, 0.4) is 0 Å². The predicted molar refractivity (Wildman–Crippen MR) is 209 cm³/mol. The first-order valence-corrected chi connectivity index (χ1v) is 19.5. The minimum atomic E-state index is -0.159. The summed E-state index contributed by atoms with van der Waals surface area (Å²) in [4.78, 5) is 39.9. The van der Waals surface area contributed by atoms with Crippen LogP contribution in [0.25, 0.3) is 22.5 Å². The number of ether oxygens (including phenoxy) is 4. The fourth-order valence-electron chi connectivity index (χ4n) is 6.15. The Hall–Kier alpha value is -4.17. The lowest BCUT2D eigenvalue weighted by molar-refractivity contribution is -0.127. The first-order chi connectivity index (χ1) is 26.2. The van der Waals surface area contributed by atoms with Crippen LogP contribution in [-0.2, 0) is 46.4 Å². The summed E-state index contributed by atoms with van der Waals surface area (Å²) in [6, 6.07) is 15.7. The second kappa shape index (κ2) is 23.6. The standard InChI is InChI=1S/C41H60N6O7/c1-31(2)13-7-5-6-12-20-42-37(48)18-19-39(50)46-29-33-14-8-9-15-34(33)41-40(35-16-10-11-17-36(35)46)44-45-47(41)22-24-52-26-28-53-27-25-51-23-21-43-38(49)30-54-32(3)4/h8-11,14-17,31-32H,5-7,12-13,18-30H2,1-4H3,(H,42,48)(H,43,49). The van der Waals surface area contributed by atoms with Gasteiger partial charge in [0, 0.05) is 37.1 Å². The van der Waals surface area contributed by atoms with Gasteiger partial charge in [-0.3, -0.25) is 14.4 Å². The molecule has 0 fully saturated rings. The molecule has 0 aliphatic carbocycles. The van der Waals surface area contributed by atoms with Crippen LogP contribution < -0.4 is 15.5 Å². The van der Waals surface area contributed by atoms with Gasteiger partial charge < -0.3 is 34.5 Å². The van der Waals surface area contributed by atoms with Gasteiger partial charge in [0.2, 0.25) is 17.7 Å². The first kappa shape index (κ1) is 42.6. The summed E-state index contributed by atoms with van der Waals surface area (Å²) in [5.74, 6) is 0.356. The molecule has 0 radical (unpaired) electrons. The highest BCUT2D eigenvalue weighted by Crippen LogP contribution is 2.41. The summed E-state index contributed by atoms with van der Waals surface area (Å²) in [6.45, 7) is 12.7. The van der Waals surface area contributed by atoms with Gasteiger partial charge in [-0.25, -0.2) is 4.68 Å². The van der Waals surface area contributed by atoms with E-state index in [1.807, 2.05) is 67.1 Å². The molecule has 1 aliphatic heterocycles. The normalized spacial score (nSPS) is 12.2. The van der Waals surface area contributed by atoms with Gasteiger partial charge in [0.1, 0.15) is 12.3 Å². The third-order valence-electron chi connectivity index (χ3n) is 8.99. The van der Waals surface area contributed by atoms with Crippen molar-refractivity contribution in [3.8, 4) is 22.5 Å². The molecule has 0 atom stereocenters. The van der Waals surface area contributed by atoms with Crippen molar-refractivity contribution in [2.45, 2.75) is 91.8 Å².